The molecule has 0 unspecified atom stereocenters. The molecule has 0 spiro atoms. The molecule has 0 fully saturated rings. The van der Waals surface area contributed by atoms with Gasteiger partial charge < -0.3 is 0 Å². The summed E-state index contributed by atoms with van der Waals surface area (Å²) in [6.45, 7) is 1.60. The van der Waals surface area contributed by atoms with E-state index in [9.17, 15) is 4.79 Å². The molecule has 2 rings (SSSR count). The van der Waals surface area contributed by atoms with Gasteiger partial charge in [0.25, 0.3) is 5.56 Å². The van der Waals surface area contributed by atoms with Gasteiger partial charge >= 0.3 is 0 Å². The lowest BCUT2D eigenvalue weighted by Gasteiger charge is -1.97. The van der Waals surface area contributed by atoms with E-state index in [-0.39, 0.29) is 10.3 Å². The zero-order valence-corrected chi connectivity index (χ0v) is 10.0. The lowest BCUT2D eigenvalue weighted by atomic mass is 10.5. The van der Waals surface area contributed by atoms with E-state index in [0.29, 0.717) is 5.69 Å². The van der Waals surface area contributed by atoms with Crippen LogP contribution in [0.1, 0.15) is 10.6 Å². The molecular weight excluding hydrogens is 244 g/mol. The fourth-order valence-corrected chi connectivity index (χ4v) is 1.81. The van der Waals surface area contributed by atoms with E-state index in [2.05, 4.69) is 15.3 Å². The molecule has 2 aromatic rings. The number of hydrogen-bond donors (Lipinski definition) is 1. The van der Waals surface area contributed by atoms with Crippen molar-refractivity contribution in [3.8, 4) is 0 Å². The molecule has 7 heteroatoms. The number of nitrogens with zero attached hydrogens (tertiary/aromatic N) is 3. The van der Waals surface area contributed by atoms with Gasteiger partial charge in [-0.05, 0) is 30.6 Å². The molecule has 0 aliphatic heterocycles. The molecule has 0 aromatic carbocycles. The van der Waals surface area contributed by atoms with Crippen molar-refractivity contribution in [3.05, 3.63) is 43.2 Å². The molecule has 0 amide bonds. The Labute approximate surface area is 100 Å². The van der Waals surface area contributed by atoms with Crippen LogP contribution < -0.4 is 5.56 Å². The summed E-state index contributed by atoms with van der Waals surface area (Å²) in [5.41, 5.74) is 0.0217. The second-order valence-electron chi connectivity index (χ2n) is 2.99. The SMILES string of the molecule is Cc1n[nH]c(=S)n(N=Cc2cccs2)c1=O. The Morgan fingerprint density at radius 3 is 3.19 bits per heavy atom. The van der Waals surface area contributed by atoms with Gasteiger partial charge in [-0.3, -0.25) is 9.89 Å². The molecule has 0 aliphatic rings. The first-order valence-electron chi connectivity index (χ1n) is 4.44. The molecule has 0 bridgehead atoms. The first-order chi connectivity index (χ1) is 7.68. The van der Waals surface area contributed by atoms with Gasteiger partial charge in [-0.1, -0.05) is 6.07 Å². The summed E-state index contributed by atoms with van der Waals surface area (Å²) in [6, 6.07) is 3.81. The normalized spacial score (nSPS) is 11.1. The molecular formula is C9H8N4OS2. The summed E-state index contributed by atoms with van der Waals surface area (Å²) in [7, 11) is 0. The molecule has 0 atom stereocenters. The number of aryl methyl sites for hydroxylation is 1. The average Bonchev–Trinajstić information content (AvgIpc) is 2.77. The van der Waals surface area contributed by atoms with Gasteiger partial charge in [0.1, 0.15) is 5.69 Å². The third kappa shape index (κ3) is 2.15. The molecule has 82 valence electrons. The highest BCUT2D eigenvalue weighted by molar-refractivity contribution is 7.71. The predicted octanol–water partition coefficient (Wildman–Crippen LogP) is 1.55. The van der Waals surface area contributed by atoms with Gasteiger partial charge in [-0.15, -0.1) is 11.3 Å². The van der Waals surface area contributed by atoms with Crippen LogP contribution in [0, 0.1) is 11.7 Å². The highest BCUT2D eigenvalue weighted by Gasteiger charge is 2.00. The lowest BCUT2D eigenvalue weighted by molar-refractivity contribution is 0.720. The van der Waals surface area contributed by atoms with E-state index >= 15 is 0 Å². The first-order valence-corrected chi connectivity index (χ1v) is 5.73. The maximum absolute atomic E-state index is 11.7. The first kappa shape index (κ1) is 10.9. The summed E-state index contributed by atoms with van der Waals surface area (Å²) >= 11 is 6.46. The monoisotopic (exact) mass is 252 g/mol. The van der Waals surface area contributed by atoms with Crippen molar-refractivity contribution in [2.24, 2.45) is 5.10 Å². The highest BCUT2D eigenvalue weighted by atomic mass is 32.1. The average molecular weight is 252 g/mol. The Hall–Kier alpha value is -1.60. The molecule has 1 N–H and O–H groups in total. The molecule has 5 nitrogen and oxygen atoms in total. The minimum atomic E-state index is -0.309. The van der Waals surface area contributed by atoms with Crippen molar-refractivity contribution in [3.63, 3.8) is 0 Å². The molecule has 16 heavy (non-hydrogen) atoms. The number of aromatic amines is 1. The van der Waals surface area contributed by atoms with Crippen LogP contribution in [0.2, 0.25) is 0 Å². The number of H-pyrrole nitrogens is 1. The van der Waals surface area contributed by atoms with E-state index in [0.717, 1.165) is 9.55 Å². The van der Waals surface area contributed by atoms with Crippen LogP contribution in [0.3, 0.4) is 0 Å². The van der Waals surface area contributed by atoms with Gasteiger partial charge in [-0.2, -0.15) is 14.9 Å². The zero-order chi connectivity index (χ0) is 11.5. The van der Waals surface area contributed by atoms with Crippen molar-refractivity contribution in [2.45, 2.75) is 6.92 Å². The molecule has 2 heterocycles. The predicted molar refractivity (Wildman–Crippen MR) is 65.7 cm³/mol. The molecule has 0 saturated carbocycles. The summed E-state index contributed by atoms with van der Waals surface area (Å²) in [5, 5.41) is 12.3. The summed E-state index contributed by atoms with van der Waals surface area (Å²) in [4.78, 5) is 12.6. The number of nitrogens with one attached hydrogen (secondary N) is 1. The molecule has 0 aliphatic carbocycles. The van der Waals surface area contributed by atoms with Crippen molar-refractivity contribution < 1.29 is 0 Å². The van der Waals surface area contributed by atoms with Crippen molar-refractivity contribution in [1.29, 1.82) is 0 Å². The van der Waals surface area contributed by atoms with E-state index in [1.807, 2.05) is 17.5 Å². The second-order valence-corrected chi connectivity index (χ2v) is 4.36. The number of hydrogen-bond acceptors (Lipinski definition) is 5. The third-order valence-electron chi connectivity index (χ3n) is 1.86. The number of rotatable bonds is 2. The van der Waals surface area contributed by atoms with E-state index in [1.54, 1.807) is 13.1 Å². The summed E-state index contributed by atoms with van der Waals surface area (Å²) in [5.74, 6) is 0. The Morgan fingerprint density at radius 2 is 2.50 bits per heavy atom. The Bertz CT molecular complexity index is 624. The van der Waals surface area contributed by atoms with Crippen LogP contribution in [0.25, 0.3) is 0 Å². The van der Waals surface area contributed by atoms with E-state index < -0.39 is 0 Å². The summed E-state index contributed by atoms with van der Waals surface area (Å²) in [6.07, 6.45) is 1.59. The number of aromatic nitrogens is 3. The second kappa shape index (κ2) is 4.50. The standard InChI is InChI=1S/C9H8N4OS2/c1-6-8(14)13(9(15)12-11-6)10-5-7-3-2-4-16-7/h2-5H,1H3,(H,12,15). The van der Waals surface area contributed by atoms with Crippen LogP contribution in [-0.2, 0) is 0 Å². The van der Waals surface area contributed by atoms with Crippen molar-refractivity contribution >= 4 is 29.8 Å². The van der Waals surface area contributed by atoms with E-state index in [4.69, 9.17) is 12.2 Å². The molecule has 0 radical (unpaired) electrons. The van der Waals surface area contributed by atoms with Gasteiger partial charge in [0.15, 0.2) is 0 Å². The van der Waals surface area contributed by atoms with E-state index in [1.165, 1.54) is 11.3 Å². The van der Waals surface area contributed by atoms with Crippen LogP contribution in [0.4, 0.5) is 0 Å². The topological polar surface area (TPSA) is 63.0 Å². The van der Waals surface area contributed by atoms with Crippen LogP contribution in [0.15, 0.2) is 27.4 Å². The van der Waals surface area contributed by atoms with Crippen LogP contribution in [0.5, 0.6) is 0 Å². The van der Waals surface area contributed by atoms with Crippen LogP contribution in [-0.4, -0.2) is 21.1 Å². The third-order valence-corrected chi connectivity index (χ3v) is 2.93. The largest absolute Gasteiger partial charge is 0.296 e. The fraction of sp³-hybridized carbons (Fsp3) is 0.111. The quantitative estimate of drug-likeness (QED) is 0.651. The molecule has 2 aromatic heterocycles. The Kier molecular flexibility index (Phi) is 3.07. The maximum Gasteiger partial charge on any atom is 0.296 e. The van der Waals surface area contributed by atoms with Crippen LogP contribution >= 0.6 is 23.6 Å². The van der Waals surface area contributed by atoms with Gasteiger partial charge in [0.2, 0.25) is 4.77 Å². The van der Waals surface area contributed by atoms with Gasteiger partial charge in [-0.25, -0.2) is 0 Å². The van der Waals surface area contributed by atoms with Crippen molar-refractivity contribution in [1.82, 2.24) is 14.9 Å². The minimum absolute atomic E-state index is 0.184. The Balaban J connectivity index is 2.46. The number of thiophene rings is 1. The van der Waals surface area contributed by atoms with Gasteiger partial charge in [0, 0.05) is 4.88 Å². The smallest absolute Gasteiger partial charge is 0.265 e. The summed E-state index contributed by atoms with van der Waals surface area (Å²) < 4.78 is 1.31. The fourth-order valence-electron chi connectivity index (χ4n) is 1.06. The Morgan fingerprint density at radius 1 is 1.69 bits per heavy atom. The zero-order valence-electron chi connectivity index (χ0n) is 8.38. The minimum Gasteiger partial charge on any atom is -0.265 e. The van der Waals surface area contributed by atoms with Crippen molar-refractivity contribution in [2.75, 3.05) is 0 Å². The maximum atomic E-state index is 11.7. The molecule has 0 saturated heterocycles. The lowest BCUT2D eigenvalue weighted by Crippen LogP contribution is -2.22. The van der Waals surface area contributed by atoms with Gasteiger partial charge in [0.05, 0.1) is 6.21 Å². The highest BCUT2D eigenvalue weighted by Crippen LogP contribution is 2.04.